The highest BCUT2D eigenvalue weighted by atomic mass is 19.1. The Morgan fingerprint density at radius 2 is 1.85 bits per heavy atom. The highest BCUT2D eigenvalue weighted by Crippen LogP contribution is 2.36. The van der Waals surface area contributed by atoms with Crippen molar-refractivity contribution in [3.63, 3.8) is 0 Å². The Hall–Kier alpha value is -2.21. The molecule has 0 bridgehead atoms. The average Bonchev–Trinajstić information content (AvgIpc) is 3.20. The van der Waals surface area contributed by atoms with Crippen LogP contribution in [0, 0.1) is 19.7 Å². The first-order valence-corrected chi connectivity index (χ1v) is 9.24. The maximum Gasteiger partial charge on any atom is 0.257 e. The summed E-state index contributed by atoms with van der Waals surface area (Å²) >= 11 is 0. The van der Waals surface area contributed by atoms with Crippen LogP contribution in [-0.4, -0.2) is 45.9 Å². The number of piperidine rings is 1. The number of hydrogen-bond donors (Lipinski definition) is 0. The molecule has 2 fully saturated rings. The lowest BCUT2D eigenvalue weighted by molar-refractivity contribution is -0.0387. The third kappa shape index (κ3) is 2.92. The second-order valence-electron chi connectivity index (χ2n) is 7.36. The predicted octanol–water partition coefficient (Wildman–Crippen LogP) is 3.41. The Morgan fingerprint density at radius 1 is 1.15 bits per heavy atom. The number of amides is 1. The zero-order chi connectivity index (χ0) is 18.3. The van der Waals surface area contributed by atoms with Crippen molar-refractivity contribution in [2.75, 3.05) is 19.7 Å². The molecular formula is C20H24FN3O2. The number of likely N-dealkylation sites (tertiary alicyclic amines) is 1. The van der Waals surface area contributed by atoms with E-state index in [1.807, 2.05) is 18.7 Å². The Kier molecular flexibility index (Phi) is 4.31. The quantitative estimate of drug-likeness (QED) is 0.827. The molecule has 6 heteroatoms. The fourth-order valence-corrected chi connectivity index (χ4v) is 4.21. The SMILES string of the molecule is Cc1nn(-c2ccc(F)cc2)c(C)c1C(=O)N1CCC2(CCCO2)CC1. The summed E-state index contributed by atoms with van der Waals surface area (Å²) in [6.45, 7) is 6.03. The molecule has 5 nitrogen and oxygen atoms in total. The molecule has 2 aliphatic rings. The third-order valence-corrected chi connectivity index (χ3v) is 5.72. The minimum absolute atomic E-state index is 0.000831. The zero-order valence-electron chi connectivity index (χ0n) is 15.3. The van der Waals surface area contributed by atoms with Crippen LogP contribution in [0.4, 0.5) is 4.39 Å². The van der Waals surface area contributed by atoms with Gasteiger partial charge in [-0.3, -0.25) is 4.79 Å². The molecule has 0 aliphatic carbocycles. The van der Waals surface area contributed by atoms with Crippen molar-refractivity contribution in [2.24, 2.45) is 0 Å². The first kappa shape index (κ1) is 17.2. The topological polar surface area (TPSA) is 47.4 Å². The lowest BCUT2D eigenvalue weighted by Gasteiger charge is -2.38. The molecule has 4 rings (SSSR count). The van der Waals surface area contributed by atoms with Crippen LogP contribution in [-0.2, 0) is 4.74 Å². The molecule has 0 radical (unpaired) electrons. The van der Waals surface area contributed by atoms with Gasteiger partial charge in [0.05, 0.1) is 28.2 Å². The number of benzene rings is 1. The highest BCUT2D eigenvalue weighted by molar-refractivity contribution is 5.96. The second-order valence-corrected chi connectivity index (χ2v) is 7.36. The van der Waals surface area contributed by atoms with E-state index >= 15 is 0 Å². The summed E-state index contributed by atoms with van der Waals surface area (Å²) in [7, 11) is 0. The Bertz CT molecular complexity index is 812. The number of ether oxygens (including phenoxy) is 1. The Morgan fingerprint density at radius 3 is 2.46 bits per heavy atom. The molecule has 2 saturated heterocycles. The molecule has 0 unspecified atom stereocenters. The number of aryl methyl sites for hydroxylation is 1. The van der Waals surface area contributed by atoms with Crippen LogP contribution in [0.15, 0.2) is 24.3 Å². The molecule has 0 atom stereocenters. The minimum atomic E-state index is -0.289. The Balaban J connectivity index is 1.56. The molecule has 0 saturated carbocycles. The Labute approximate surface area is 152 Å². The maximum atomic E-state index is 13.2. The van der Waals surface area contributed by atoms with Crippen LogP contribution >= 0.6 is 0 Å². The lowest BCUT2D eigenvalue weighted by Crippen LogP contribution is -2.46. The highest BCUT2D eigenvalue weighted by Gasteiger charge is 2.40. The summed E-state index contributed by atoms with van der Waals surface area (Å²) in [5, 5.41) is 4.52. The first-order chi connectivity index (χ1) is 12.5. The van der Waals surface area contributed by atoms with Gasteiger partial charge in [0.2, 0.25) is 0 Å². The van der Waals surface area contributed by atoms with E-state index in [0.717, 1.165) is 56.8 Å². The van der Waals surface area contributed by atoms with Crippen molar-refractivity contribution < 1.29 is 13.9 Å². The van der Waals surface area contributed by atoms with E-state index in [0.29, 0.717) is 11.3 Å². The molecule has 1 aromatic heterocycles. The van der Waals surface area contributed by atoms with Crippen molar-refractivity contribution >= 4 is 5.91 Å². The van der Waals surface area contributed by atoms with Crippen molar-refractivity contribution in [1.82, 2.24) is 14.7 Å². The van der Waals surface area contributed by atoms with Crippen LogP contribution < -0.4 is 0 Å². The number of nitrogens with zero attached hydrogens (tertiary/aromatic N) is 3. The van der Waals surface area contributed by atoms with Gasteiger partial charge >= 0.3 is 0 Å². The van der Waals surface area contributed by atoms with E-state index in [1.165, 1.54) is 12.1 Å². The number of rotatable bonds is 2. The molecule has 26 heavy (non-hydrogen) atoms. The summed E-state index contributed by atoms with van der Waals surface area (Å²) in [5.41, 5.74) is 2.89. The fraction of sp³-hybridized carbons (Fsp3) is 0.500. The molecule has 3 heterocycles. The van der Waals surface area contributed by atoms with Gasteiger partial charge in [0.25, 0.3) is 5.91 Å². The number of aromatic nitrogens is 2. The molecule has 0 N–H and O–H groups in total. The molecule has 1 amide bonds. The van der Waals surface area contributed by atoms with Gasteiger partial charge in [-0.2, -0.15) is 5.10 Å². The lowest BCUT2D eigenvalue weighted by atomic mass is 9.88. The van der Waals surface area contributed by atoms with Gasteiger partial charge in [-0.25, -0.2) is 9.07 Å². The fourth-order valence-electron chi connectivity index (χ4n) is 4.21. The molecule has 2 aliphatic heterocycles. The van der Waals surface area contributed by atoms with Crippen molar-refractivity contribution in [2.45, 2.75) is 45.1 Å². The third-order valence-electron chi connectivity index (χ3n) is 5.72. The number of halogens is 1. The maximum absolute atomic E-state index is 13.2. The molecule has 138 valence electrons. The monoisotopic (exact) mass is 357 g/mol. The average molecular weight is 357 g/mol. The molecule has 1 aromatic carbocycles. The van der Waals surface area contributed by atoms with Crippen LogP contribution in [0.25, 0.3) is 5.69 Å². The van der Waals surface area contributed by atoms with E-state index in [2.05, 4.69) is 5.10 Å². The van der Waals surface area contributed by atoms with Gasteiger partial charge in [-0.05, 0) is 63.8 Å². The summed E-state index contributed by atoms with van der Waals surface area (Å²) in [4.78, 5) is 15.0. The minimum Gasteiger partial charge on any atom is -0.375 e. The van der Waals surface area contributed by atoms with Crippen molar-refractivity contribution in [3.05, 3.63) is 47.0 Å². The van der Waals surface area contributed by atoms with E-state index < -0.39 is 0 Å². The summed E-state index contributed by atoms with van der Waals surface area (Å²) < 4.78 is 20.8. The second kappa shape index (κ2) is 6.50. The zero-order valence-corrected chi connectivity index (χ0v) is 15.3. The van der Waals surface area contributed by atoms with Gasteiger partial charge in [0.15, 0.2) is 0 Å². The van der Waals surface area contributed by atoms with Crippen LogP contribution in [0.5, 0.6) is 0 Å². The molecular weight excluding hydrogens is 333 g/mol. The first-order valence-electron chi connectivity index (χ1n) is 9.24. The van der Waals surface area contributed by atoms with Gasteiger partial charge in [0.1, 0.15) is 5.82 Å². The van der Waals surface area contributed by atoms with Gasteiger partial charge < -0.3 is 9.64 Å². The molecule has 2 aromatic rings. The van der Waals surface area contributed by atoms with Gasteiger partial charge in [-0.15, -0.1) is 0 Å². The van der Waals surface area contributed by atoms with Crippen LogP contribution in [0.1, 0.15) is 47.4 Å². The van der Waals surface area contributed by atoms with Crippen LogP contribution in [0.3, 0.4) is 0 Å². The van der Waals surface area contributed by atoms with E-state index in [1.54, 1.807) is 16.8 Å². The summed E-state index contributed by atoms with van der Waals surface area (Å²) in [5.74, 6) is -0.260. The predicted molar refractivity (Wildman–Crippen MR) is 96.1 cm³/mol. The van der Waals surface area contributed by atoms with Crippen molar-refractivity contribution in [3.8, 4) is 5.69 Å². The van der Waals surface area contributed by atoms with Crippen LogP contribution in [0.2, 0.25) is 0 Å². The number of carbonyl (C=O) groups excluding carboxylic acids is 1. The molecule has 1 spiro atoms. The summed E-state index contributed by atoms with van der Waals surface area (Å²) in [6.07, 6.45) is 4.04. The van der Waals surface area contributed by atoms with E-state index in [4.69, 9.17) is 4.74 Å². The van der Waals surface area contributed by atoms with Crippen molar-refractivity contribution in [1.29, 1.82) is 0 Å². The number of hydrogen-bond acceptors (Lipinski definition) is 3. The summed E-state index contributed by atoms with van der Waals surface area (Å²) in [6, 6.07) is 6.15. The number of carbonyl (C=O) groups is 1. The largest absolute Gasteiger partial charge is 0.375 e. The smallest absolute Gasteiger partial charge is 0.257 e. The standard InChI is InChI=1S/C20H24FN3O2/c1-14-18(15(2)24(22-14)17-6-4-16(21)5-7-17)19(25)23-11-9-20(10-12-23)8-3-13-26-20/h4-7H,3,8-13H2,1-2H3. The van der Waals surface area contributed by atoms with Gasteiger partial charge in [-0.1, -0.05) is 0 Å². The van der Waals surface area contributed by atoms with Gasteiger partial charge in [0, 0.05) is 19.7 Å². The van der Waals surface area contributed by atoms with E-state index in [9.17, 15) is 9.18 Å². The normalized spacial score (nSPS) is 19.3. The van der Waals surface area contributed by atoms with E-state index in [-0.39, 0.29) is 17.3 Å².